The Morgan fingerprint density at radius 3 is 2.89 bits per heavy atom. The fourth-order valence-electron chi connectivity index (χ4n) is 1.35. The van der Waals surface area contributed by atoms with Crippen molar-refractivity contribution in [1.29, 1.82) is 0 Å². The predicted octanol–water partition coefficient (Wildman–Crippen LogP) is 2.91. The Morgan fingerprint density at radius 2 is 2.21 bits per heavy atom. The van der Waals surface area contributed by atoms with Crippen LogP contribution < -0.4 is 5.32 Å². The van der Waals surface area contributed by atoms with Crippen LogP contribution in [0.25, 0.3) is 0 Å². The van der Waals surface area contributed by atoms with Crippen LogP contribution in [0.5, 0.6) is 0 Å². The van der Waals surface area contributed by atoms with Crippen LogP contribution in [0, 0.1) is 5.82 Å². The second-order valence-corrected chi connectivity index (χ2v) is 4.39. The van der Waals surface area contributed by atoms with E-state index in [1.54, 1.807) is 12.1 Å². The Bertz CT molecular complexity index is 622. The smallest absolute Gasteiger partial charge is 0.358 e. The molecule has 1 aromatic heterocycles. The topological polar surface area (TPSA) is 64.1 Å². The molecule has 0 spiro atoms. The minimum atomic E-state index is -0.585. The molecular formula is C12H9BrFN3O2. The largest absolute Gasteiger partial charge is 0.464 e. The van der Waals surface area contributed by atoms with Crippen molar-refractivity contribution in [3.63, 3.8) is 0 Å². The van der Waals surface area contributed by atoms with Gasteiger partial charge in [-0.25, -0.2) is 14.2 Å². The van der Waals surface area contributed by atoms with Gasteiger partial charge in [0.15, 0.2) is 5.69 Å². The van der Waals surface area contributed by atoms with Crippen molar-refractivity contribution >= 4 is 33.4 Å². The van der Waals surface area contributed by atoms with E-state index in [1.807, 2.05) is 0 Å². The molecule has 0 saturated carbocycles. The van der Waals surface area contributed by atoms with Gasteiger partial charge in [0.1, 0.15) is 11.6 Å². The van der Waals surface area contributed by atoms with Crippen LogP contribution in [0.1, 0.15) is 10.5 Å². The SMILES string of the molecule is COC(=O)c1cncc(Nc2ccc(Br)c(F)c2)n1. The van der Waals surface area contributed by atoms with Crippen LogP contribution in [0.4, 0.5) is 15.9 Å². The molecule has 2 aromatic rings. The monoisotopic (exact) mass is 325 g/mol. The van der Waals surface area contributed by atoms with Crippen LogP contribution in [0.2, 0.25) is 0 Å². The first-order valence-corrected chi connectivity index (χ1v) is 6.02. The molecule has 0 unspecified atom stereocenters. The Hall–Kier alpha value is -2.02. The molecule has 0 aliphatic heterocycles. The number of carbonyl (C=O) groups excluding carboxylic acids is 1. The maximum Gasteiger partial charge on any atom is 0.358 e. The summed E-state index contributed by atoms with van der Waals surface area (Å²) in [6.07, 6.45) is 2.71. The van der Waals surface area contributed by atoms with E-state index in [9.17, 15) is 9.18 Å². The van der Waals surface area contributed by atoms with E-state index in [-0.39, 0.29) is 5.69 Å². The summed E-state index contributed by atoms with van der Waals surface area (Å²) in [5, 5.41) is 2.85. The zero-order valence-electron chi connectivity index (χ0n) is 9.85. The molecule has 1 N–H and O–H groups in total. The molecule has 1 heterocycles. The molecule has 0 aliphatic carbocycles. The van der Waals surface area contributed by atoms with E-state index in [0.717, 1.165) is 0 Å². The number of aromatic nitrogens is 2. The van der Waals surface area contributed by atoms with Crippen molar-refractivity contribution in [3.8, 4) is 0 Å². The first-order chi connectivity index (χ1) is 9.10. The fourth-order valence-corrected chi connectivity index (χ4v) is 1.60. The number of hydrogen-bond donors (Lipinski definition) is 1. The summed E-state index contributed by atoms with van der Waals surface area (Å²) in [4.78, 5) is 19.2. The lowest BCUT2D eigenvalue weighted by atomic mass is 10.3. The first-order valence-electron chi connectivity index (χ1n) is 5.22. The zero-order chi connectivity index (χ0) is 13.8. The van der Waals surface area contributed by atoms with Crippen molar-refractivity contribution < 1.29 is 13.9 Å². The number of halogens is 2. The van der Waals surface area contributed by atoms with Crippen molar-refractivity contribution in [2.24, 2.45) is 0 Å². The summed E-state index contributed by atoms with van der Waals surface area (Å²) < 4.78 is 18.3. The normalized spacial score (nSPS) is 10.1. The number of anilines is 2. The Labute approximate surface area is 117 Å². The van der Waals surface area contributed by atoms with Crippen molar-refractivity contribution in [2.75, 3.05) is 12.4 Å². The van der Waals surface area contributed by atoms with E-state index in [1.165, 1.54) is 25.6 Å². The van der Waals surface area contributed by atoms with Gasteiger partial charge in [-0.2, -0.15) is 0 Å². The van der Waals surface area contributed by atoms with Crippen molar-refractivity contribution in [1.82, 2.24) is 9.97 Å². The molecule has 1 aromatic carbocycles. The molecule has 0 fully saturated rings. The molecule has 0 amide bonds. The van der Waals surface area contributed by atoms with Gasteiger partial charge in [-0.3, -0.25) is 4.98 Å². The number of hydrogen-bond acceptors (Lipinski definition) is 5. The molecule has 98 valence electrons. The summed E-state index contributed by atoms with van der Waals surface area (Å²) in [5.74, 6) is -0.662. The van der Waals surface area contributed by atoms with Gasteiger partial charge < -0.3 is 10.1 Å². The Morgan fingerprint density at radius 1 is 1.42 bits per heavy atom. The third-order valence-corrected chi connectivity index (χ3v) is 2.86. The average molecular weight is 326 g/mol. The van der Waals surface area contributed by atoms with Crippen LogP contribution in [0.3, 0.4) is 0 Å². The van der Waals surface area contributed by atoms with E-state index < -0.39 is 11.8 Å². The highest BCUT2D eigenvalue weighted by Crippen LogP contribution is 2.21. The van der Waals surface area contributed by atoms with Gasteiger partial charge in [-0.15, -0.1) is 0 Å². The number of carbonyl (C=O) groups is 1. The molecule has 19 heavy (non-hydrogen) atoms. The number of nitrogens with one attached hydrogen (secondary N) is 1. The number of ether oxygens (including phenoxy) is 1. The summed E-state index contributed by atoms with van der Waals surface area (Å²) in [7, 11) is 1.26. The van der Waals surface area contributed by atoms with Gasteiger partial charge in [0.2, 0.25) is 0 Å². The Balaban J connectivity index is 2.23. The number of esters is 1. The van der Waals surface area contributed by atoms with Gasteiger partial charge in [0, 0.05) is 5.69 Å². The highest BCUT2D eigenvalue weighted by Gasteiger charge is 2.09. The van der Waals surface area contributed by atoms with Crippen LogP contribution >= 0.6 is 15.9 Å². The second kappa shape index (κ2) is 5.75. The predicted molar refractivity (Wildman–Crippen MR) is 70.8 cm³/mol. The third-order valence-electron chi connectivity index (χ3n) is 2.22. The van der Waals surface area contributed by atoms with Gasteiger partial charge in [-0.1, -0.05) is 0 Å². The molecule has 0 atom stereocenters. The number of rotatable bonds is 3. The van der Waals surface area contributed by atoms with E-state index in [0.29, 0.717) is 16.0 Å². The van der Waals surface area contributed by atoms with Crippen LogP contribution in [-0.4, -0.2) is 23.0 Å². The molecular weight excluding hydrogens is 317 g/mol. The van der Waals surface area contributed by atoms with Gasteiger partial charge in [-0.05, 0) is 34.1 Å². The highest BCUT2D eigenvalue weighted by molar-refractivity contribution is 9.10. The fraction of sp³-hybridized carbons (Fsp3) is 0.0833. The minimum Gasteiger partial charge on any atom is -0.464 e. The van der Waals surface area contributed by atoms with Gasteiger partial charge in [0.05, 0.1) is 24.0 Å². The summed E-state index contributed by atoms with van der Waals surface area (Å²) in [6, 6.07) is 4.53. The zero-order valence-corrected chi connectivity index (χ0v) is 11.4. The van der Waals surface area contributed by atoms with E-state index in [2.05, 4.69) is 36.0 Å². The molecule has 0 bridgehead atoms. The number of methoxy groups -OCH3 is 1. The lowest BCUT2D eigenvalue weighted by molar-refractivity contribution is 0.0593. The summed E-state index contributed by atoms with van der Waals surface area (Å²) in [5.41, 5.74) is 0.571. The molecule has 0 aliphatic rings. The lowest BCUT2D eigenvalue weighted by Crippen LogP contribution is -2.06. The molecule has 5 nitrogen and oxygen atoms in total. The van der Waals surface area contributed by atoms with Crippen molar-refractivity contribution in [2.45, 2.75) is 0 Å². The number of nitrogens with zero attached hydrogens (tertiary/aromatic N) is 2. The Kier molecular flexibility index (Phi) is 4.06. The van der Waals surface area contributed by atoms with E-state index >= 15 is 0 Å². The first kappa shape index (κ1) is 13.4. The summed E-state index contributed by atoms with van der Waals surface area (Å²) >= 11 is 3.06. The number of benzene rings is 1. The lowest BCUT2D eigenvalue weighted by Gasteiger charge is -2.06. The average Bonchev–Trinajstić information content (AvgIpc) is 2.42. The quantitative estimate of drug-likeness (QED) is 0.879. The van der Waals surface area contributed by atoms with Crippen LogP contribution in [-0.2, 0) is 4.74 Å². The highest BCUT2D eigenvalue weighted by atomic mass is 79.9. The van der Waals surface area contributed by atoms with Gasteiger partial charge in [0.25, 0.3) is 0 Å². The third kappa shape index (κ3) is 3.25. The van der Waals surface area contributed by atoms with Crippen LogP contribution in [0.15, 0.2) is 35.1 Å². The molecule has 0 radical (unpaired) electrons. The standard InChI is InChI=1S/C12H9BrFN3O2/c1-19-12(18)10-5-15-6-11(17-10)16-7-2-3-8(13)9(14)4-7/h2-6H,1H3,(H,16,17). The maximum atomic E-state index is 13.3. The second-order valence-electron chi connectivity index (χ2n) is 3.54. The summed E-state index contributed by atoms with van der Waals surface area (Å²) in [6.45, 7) is 0. The van der Waals surface area contributed by atoms with E-state index in [4.69, 9.17) is 0 Å². The van der Waals surface area contributed by atoms with Crippen molar-refractivity contribution in [3.05, 3.63) is 46.6 Å². The maximum absolute atomic E-state index is 13.3. The minimum absolute atomic E-state index is 0.0742. The molecule has 7 heteroatoms. The van der Waals surface area contributed by atoms with Gasteiger partial charge >= 0.3 is 5.97 Å². The molecule has 2 rings (SSSR count). The molecule has 0 saturated heterocycles.